The molecular formula is C16H26ClN3O. The van der Waals surface area contributed by atoms with E-state index in [1.165, 1.54) is 23.9 Å². The number of hydrogen-bond acceptors (Lipinski definition) is 3. The molecule has 0 aliphatic heterocycles. The largest absolute Gasteiger partial charge is 0.380 e. The second kappa shape index (κ2) is 7.30. The topological polar surface area (TPSA) is 46.9 Å². The zero-order chi connectivity index (χ0) is 15.4. The van der Waals surface area contributed by atoms with E-state index in [2.05, 4.69) is 31.2 Å². The van der Waals surface area contributed by atoms with Crippen molar-refractivity contribution in [2.45, 2.75) is 65.5 Å². The summed E-state index contributed by atoms with van der Waals surface area (Å²) in [5.41, 5.74) is 0.488. The number of halogens is 1. The van der Waals surface area contributed by atoms with Crippen LogP contribution >= 0.6 is 11.6 Å². The normalized spacial score (nSPS) is 22.5. The van der Waals surface area contributed by atoms with Crippen LogP contribution in [0.15, 0.2) is 11.0 Å². The summed E-state index contributed by atoms with van der Waals surface area (Å²) in [7, 11) is 0. The average Bonchev–Trinajstić information content (AvgIpc) is 2.47. The predicted octanol–water partition coefficient (Wildman–Crippen LogP) is 3.93. The van der Waals surface area contributed by atoms with E-state index < -0.39 is 0 Å². The Morgan fingerprint density at radius 1 is 1.48 bits per heavy atom. The molecule has 1 heterocycles. The number of nitrogens with one attached hydrogen (secondary N) is 1. The lowest BCUT2D eigenvalue weighted by molar-refractivity contribution is 0.327. The Kier molecular flexibility index (Phi) is 5.68. The molecule has 0 spiro atoms. The summed E-state index contributed by atoms with van der Waals surface area (Å²) >= 11 is 6.24. The lowest BCUT2D eigenvalue weighted by Crippen LogP contribution is -2.30. The first-order chi connectivity index (χ1) is 10.0. The maximum Gasteiger partial charge on any atom is 0.287 e. The van der Waals surface area contributed by atoms with Crippen molar-refractivity contribution in [3.63, 3.8) is 0 Å². The number of anilines is 1. The third kappa shape index (κ3) is 4.22. The molecule has 1 aliphatic rings. The minimum absolute atomic E-state index is 0.196. The summed E-state index contributed by atoms with van der Waals surface area (Å²) in [6, 6.07) is 0.406. The Balaban J connectivity index is 2.10. The Morgan fingerprint density at radius 3 is 2.90 bits per heavy atom. The van der Waals surface area contributed by atoms with E-state index in [-0.39, 0.29) is 10.6 Å². The molecule has 0 aromatic carbocycles. The highest BCUT2D eigenvalue weighted by molar-refractivity contribution is 6.32. The van der Waals surface area contributed by atoms with Crippen molar-refractivity contribution in [1.29, 1.82) is 0 Å². The van der Waals surface area contributed by atoms with E-state index in [0.717, 1.165) is 18.8 Å². The fraction of sp³-hybridized carbons (Fsp3) is 0.750. The number of aromatic nitrogens is 2. The minimum atomic E-state index is -0.196. The van der Waals surface area contributed by atoms with Crippen LogP contribution in [0.1, 0.15) is 52.9 Å². The molecule has 0 amide bonds. The van der Waals surface area contributed by atoms with Gasteiger partial charge in [0.1, 0.15) is 5.02 Å². The Morgan fingerprint density at radius 2 is 2.24 bits per heavy atom. The summed E-state index contributed by atoms with van der Waals surface area (Å²) in [4.78, 5) is 12.2. The molecule has 2 unspecified atom stereocenters. The van der Waals surface area contributed by atoms with Crippen molar-refractivity contribution < 1.29 is 0 Å². The molecule has 0 bridgehead atoms. The van der Waals surface area contributed by atoms with Crippen LogP contribution < -0.4 is 10.9 Å². The maximum absolute atomic E-state index is 12.2. The number of rotatable bonds is 5. The van der Waals surface area contributed by atoms with E-state index in [9.17, 15) is 4.79 Å². The van der Waals surface area contributed by atoms with Gasteiger partial charge in [-0.05, 0) is 24.7 Å². The molecule has 4 nitrogen and oxygen atoms in total. The van der Waals surface area contributed by atoms with E-state index in [1.807, 2.05) is 0 Å². The van der Waals surface area contributed by atoms with Crippen molar-refractivity contribution >= 4 is 17.3 Å². The number of nitrogens with zero attached hydrogens (tertiary/aromatic N) is 2. The fourth-order valence-corrected chi connectivity index (χ4v) is 3.26. The van der Waals surface area contributed by atoms with Gasteiger partial charge in [-0.2, -0.15) is 5.10 Å². The van der Waals surface area contributed by atoms with Crippen LogP contribution in [0.3, 0.4) is 0 Å². The molecular weight excluding hydrogens is 286 g/mol. The Hall–Kier alpha value is -1.03. The van der Waals surface area contributed by atoms with Crippen LogP contribution in [0.4, 0.5) is 5.69 Å². The second-order valence-corrected chi connectivity index (χ2v) is 6.91. The van der Waals surface area contributed by atoms with Gasteiger partial charge in [-0.1, -0.05) is 51.6 Å². The lowest BCUT2D eigenvalue weighted by atomic mass is 9.84. The van der Waals surface area contributed by atoms with Crippen molar-refractivity contribution in [2.24, 2.45) is 11.8 Å². The highest BCUT2D eigenvalue weighted by Crippen LogP contribution is 2.29. The van der Waals surface area contributed by atoms with Gasteiger partial charge in [-0.3, -0.25) is 4.79 Å². The van der Waals surface area contributed by atoms with E-state index in [0.29, 0.717) is 24.2 Å². The first-order valence-electron chi connectivity index (χ1n) is 8.03. The quantitative estimate of drug-likeness (QED) is 0.896. The van der Waals surface area contributed by atoms with Gasteiger partial charge < -0.3 is 5.32 Å². The standard InChI is InChI=1S/C16H26ClN3O/c1-4-12-6-5-7-13(8-12)19-14-9-18-20(10-11(2)3)16(21)15(14)17/h9,11-13,19H,4-8,10H2,1-3H3. The van der Waals surface area contributed by atoms with Crippen LogP contribution in [0.2, 0.25) is 5.02 Å². The van der Waals surface area contributed by atoms with Crippen molar-refractivity contribution in [1.82, 2.24) is 9.78 Å². The van der Waals surface area contributed by atoms with Crippen LogP contribution in [-0.2, 0) is 6.54 Å². The zero-order valence-corrected chi connectivity index (χ0v) is 14.0. The molecule has 0 saturated heterocycles. The van der Waals surface area contributed by atoms with Crippen molar-refractivity contribution in [3.8, 4) is 0 Å². The molecule has 1 saturated carbocycles. The summed E-state index contributed by atoms with van der Waals surface area (Å²) in [6.45, 7) is 6.96. The van der Waals surface area contributed by atoms with E-state index in [4.69, 9.17) is 11.6 Å². The first kappa shape index (κ1) is 16.3. The third-order valence-corrected chi connectivity index (χ3v) is 4.61. The number of hydrogen-bond donors (Lipinski definition) is 1. The smallest absolute Gasteiger partial charge is 0.287 e. The first-order valence-corrected chi connectivity index (χ1v) is 8.41. The molecule has 1 aliphatic carbocycles. The van der Waals surface area contributed by atoms with Crippen LogP contribution in [0.25, 0.3) is 0 Å². The summed E-state index contributed by atoms with van der Waals surface area (Å²) in [5.74, 6) is 1.15. The lowest BCUT2D eigenvalue weighted by Gasteiger charge is -2.30. The minimum Gasteiger partial charge on any atom is -0.380 e. The molecule has 1 aromatic heterocycles. The average molecular weight is 312 g/mol. The van der Waals surface area contributed by atoms with E-state index >= 15 is 0 Å². The van der Waals surface area contributed by atoms with Gasteiger partial charge in [0.25, 0.3) is 5.56 Å². The van der Waals surface area contributed by atoms with Crippen molar-refractivity contribution in [3.05, 3.63) is 21.6 Å². The van der Waals surface area contributed by atoms with Crippen LogP contribution in [0, 0.1) is 11.8 Å². The second-order valence-electron chi connectivity index (χ2n) is 6.54. The molecule has 0 radical (unpaired) electrons. The summed E-state index contributed by atoms with van der Waals surface area (Å²) in [6.07, 6.45) is 7.77. The van der Waals surface area contributed by atoms with Gasteiger partial charge >= 0.3 is 0 Å². The molecule has 5 heteroatoms. The van der Waals surface area contributed by atoms with Gasteiger partial charge in [-0.15, -0.1) is 0 Å². The van der Waals surface area contributed by atoms with Crippen LogP contribution in [-0.4, -0.2) is 15.8 Å². The monoisotopic (exact) mass is 311 g/mol. The Labute approximate surface area is 131 Å². The summed E-state index contributed by atoms with van der Waals surface area (Å²) < 4.78 is 1.45. The molecule has 1 aromatic rings. The third-order valence-electron chi connectivity index (χ3n) is 4.24. The van der Waals surface area contributed by atoms with Crippen LogP contribution in [0.5, 0.6) is 0 Å². The molecule has 21 heavy (non-hydrogen) atoms. The highest BCUT2D eigenvalue weighted by Gasteiger charge is 2.22. The van der Waals surface area contributed by atoms with E-state index in [1.54, 1.807) is 6.20 Å². The van der Waals surface area contributed by atoms with Gasteiger partial charge in [0.2, 0.25) is 0 Å². The molecule has 2 rings (SSSR count). The molecule has 118 valence electrons. The predicted molar refractivity (Wildman–Crippen MR) is 88.0 cm³/mol. The zero-order valence-electron chi connectivity index (χ0n) is 13.2. The SMILES string of the molecule is CCC1CCCC(Nc2cnn(CC(C)C)c(=O)c2Cl)C1. The van der Waals surface area contributed by atoms with Gasteiger partial charge in [0.15, 0.2) is 0 Å². The van der Waals surface area contributed by atoms with Gasteiger partial charge in [-0.25, -0.2) is 4.68 Å². The van der Waals surface area contributed by atoms with Crippen molar-refractivity contribution in [2.75, 3.05) is 5.32 Å². The molecule has 1 N–H and O–H groups in total. The Bertz CT molecular complexity index is 527. The highest BCUT2D eigenvalue weighted by atomic mass is 35.5. The van der Waals surface area contributed by atoms with Gasteiger partial charge in [0, 0.05) is 12.6 Å². The molecule has 2 atom stereocenters. The molecule has 1 fully saturated rings. The fourth-order valence-electron chi connectivity index (χ4n) is 3.05. The maximum atomic E-state index is 12.2. The van der Waals surface area contributed by atoms with Gasteiger partial charge in [0.05, 0.1) is 11.9 Å². The summed E-state index contributed by atoms with van der Waals surface area (Å²) in [5, 5.41) is 7.94.